The molecule has 1 heterocycles. The van der Waals surface area contributed by atoms with Gasteiger partial charge in [0.1, 0.15) is 5.82 Å². The third-order valence-corrected chi connectivity index (χ3v) is 3.11. The van der Waals surface area contributed by atoms with Gasteiger partial charge in [0.25, 0.3) is 0 Å². The summed E-state index contributed by atoms with van der Waals surface area (Å²) in [5, 5.41) is 3.10. The first-order valence-corrected chi connectivity index (χ1v) is 6.00. The van der Waals surface area contributed by atoms with Gasteiger partial charge >= 0.3 is 0 Å². The number of halogens is 1. The maximum atomic E-state index is 13.9. The summed E-state index contributed by atoms with van der Waals surface area (Å²) >= 11 is 0. The summed E-state index contributed by atoms with van der Waals surface area (Å²) in [5.74, 6) is -0.0883. The maximum absolute atomic E-state index is 13.9. The fourth-order valence-corrected chi connectivity index (χ4v) is 2.36. The largest absolute Gasteiger partial charge is 0.369 e. The van der Waals surface area contributed by atoms with Crippen molar-refractivity contribution in [3.05, 3.63) is 29.6 Å². The van der Waals surface area contributed by atoms with Crippen LogP contribution in [0.15, 0.2) is 18.2 Å². The quantitative estimate of drug-likeness (QED) is 0.845. The van der Waals surface area contributed by atoms with Crippen LogP contribution in [0.2, 0.25) is 0 Å². The van der Waals surface area contributed by atoms with Gasteiger partial charge in [-0.2, -0.15) is 0 Å². The molecule has 0 saturated carbocycles. The average molecular weight is 222 g/mol. The van der Waals surface area contributed by atoms with Crippen LogP contribution in [0.25, 0.3) is 0 Å². The summed E-state index contributed by atoms with van der Waals surface area (Å²) in [6.07, 6.45) is 3.62. The summed E-state index contributed by atoms with van der Waals surface area (Å²) in [4.78, 5) is 2.19. The number of nitrogens with one attached hydrogen (secondary N) is 1. The molecule has 0 aliphatic carbocycles. The molecule has 0 radical (unpaired) electrons. The van der Waals surface area contributed by atoms with Gasteiger partial charge in [-0.3, -0.25) is 0 Å². The molecule has 2 rings (SSSR count). The second-order valence-corrected chi connectivity index (χ2v) is 4.33. The van der Waals surface area contributed by atoms with Crippen LogP contribution in [0.4, 0.5) is 10.1 Å². The van der Waals surface area contributed by atoms with Gasteiger partial charge in [0, 0.05) is 19.6 Å². The predicted molar refractivity (Wildman–Crippen MR) is 65.2 cm³/mol. The second kappa shape index (κ2) is 5.30. The van der Waals surface area contributed by atoms with Crippen LogP contribution in [0.1, 0.15) is 24.8 Å². The lowest BCUT2D eigenvalue weighted by atomic mass is 10.1. The second-order valence-electron chi connectivity index (χ2n) is 4.33. The Morgan fingerprint density at radius 3 is 2.69 bits per heavy atom. The number of benzene rings is 1. The van der Waals surface area contributed by atoms with E-state index in [1.807, 2.05) is 13.1 Å². The van der Waals surface area contributed by atoms with Gasteiger partial charge in [-0.05, 0) is 37.9 Å². The number of hydrogen-bond donors (Lipinski definition) is 1. The smallest absolute Gasteiger partial charge is 0.146 e. The standard InChI is InChI=1S/C13H19FN2/c1-15-10-11-6-5-7-12(14)13(11)16-8-3-2-4-9-16/h5-7,15H,2-4,8-10H2,1H3. The zero-order valence-electron chi connectivity index (χ0n) is 9.80. The fraction of sp³-hybridized carbons (Fsp3) is 0.538. The Balaban J connectivity index is 2.28. The molecule has 1 aliphatic rings. The van der Waals surface area contributed by atoms with E-state index >= 15 is 0 Å². The minimum atomic E-state index is -0.0883. The van der Waals surface area contributed by atoms with Crippen molar-refractivity contribution in [2.75, 3.05) is 25.0 Å². The fourth-order valence-electron chi connectivity index (χ4n) is 2.36. The van der Waals surface area contributed by atoms with Crippen molar-refractivity contribution in [2.24, 2.45) is 0 Å². The molecule has 0 bridgehead atoms. The van der Waals surface area contributed by atoms with Crippen molar-refractivity contribution >= 4 is 5.69 Å². The Bertz CT molecular complexity index is 346. The van der Waals surface area contributed by atoms with Crippen LogP contribution in [-0.2, 0) is 6.54 Å². The van der Waals surface area contributed by atoms with Crippen LogP contribution in [0.3, 0.4) is 0 Å². The Morgan fingerprint density at radius 2 is 2.00 bits per heavy atom. The molecule has 1 N–H and O–H groups in total. The highest BCUT2D eigenvalue weighted by molar-refractivity contribution is 5.55. The third kappa shape index (κ3) is 2.35. The number of rotatable bonds is 3. The van der Waals surface area contributed by atoms with Crippen molar-refractivity contribution in [1.29, 1.82) is 0 Å². The maximum Gasteiger partial charge on any atom is 0.146 e. The van der Waals surface area contributed by atoms with Gasteiger partial charge in [-0.1, -0.05) is 12.1 Å². The topological polar surface area (TPSA) is 15.3 Å². The third-order valence-electron chi connectivity index (χ3n) is 3.11. The van der Waals surface area contributed by atoms with Gasteiger partial charge in [0.05, 0.1) is 5.69 Å². The molecule has 2 nitrogen and oxygen atoms in total. The molecule has 0 aromatic heterocycles. The van der Waals surface area contributed by atoms with E-state index in [2.05, 4.69) is 10.2 Å². The van der Waals surface area contributed by atoms with E-state index in [4.69, 9.17) is 0 Å². The first kappa shape index (κ1) is 11.4. The Labute approximate surface area is 96.5 Å². The summed E-state index contributed by atoms with van der Waals surface area (Å²) in [6, 6.07) is 5.35. The van der Waals surface area contributed by atoms with Crippen LogP contribution in [0, 0.1) is 5.82 Å². The van der Waals surface area contributed by atoms with E-state index in [0.717, 1.165) is 30.9 Å². The van der Waals surface area contributed by atoms with Gasteiger partial charge in [-0.25, -0.2) is 4.39 Å². The highest BCUT2D eigenvalue weighted by Gasteiger charge is 2.17. The molecule has 1 aromatic carbocycles. The number of para-hydroxylation sites is 1. The number of anilines is 1. The number of piperidine rings is 1. The lowest BCUT2D eigenvalue weighted by Gasteiger charge is -2.31. The minimum Gasteiger partial charge on any atom is -0.369 e. The van der Waals surface area contributed by atoms with Crippen LogP contribution in [0.5, 0.6) is 0 Å². The molecule has 1 fully saturated rings. The molecule has 0 spiro atoms. The lowest BCUT2D eigenvalue weighted by molar-refractivity contribution is 0.553. The van der Waals surface area contributed by atoms with Crippen molar-refractivity contribution in [3.8, 4) is 0 Å². The molecular weight excluding hydrogens is 203 g/mol. The van der Waals surface area contributed by atoms with Crippen molar-refractivity contribution in [2.45, 2.75) is 25.8 Å². The minimum absolute atomic E-state index is 0.0883. The van der Waals surface area contributed by atoms with Gasteiger partial charge in [-0.15, -0.1) is 0 Å². The molecule has 0 unspecified atom stereocenters. The zero-order chi connectivity index (χ0) is 11.4. The van der Waals surface area contributed by atoms with Gasteiger partial charge < -0.3 is 10.2 Å². The monoisotopic (exact) mass is 222 g/mol. The lowest BCUT2D eigenvalue weighted by Crippen LogP contribution is -2.31. The molecule has 0 atom stereocenters. The summed E-state index contributed by atoms with van der Waals surface area (Å²) in [5.41, 5.74) is 1.86. The van der Waals surface area contributed by atoms with E-state index in [-0.39, 0.29) is 5.82 Å². The van der Waals surface area contributed by atoms with Crippen molar-refractivity contribution in [3.63, 3.8) is 0 Å². The van der Waals surface area contributed by atoms with E-state index in [1.165, 1.54) is 19.3 Å². The van der Waals surface area contributed by atoms with E-state index in [0.29, 0.717) is 0 Å². The molecule has 3 heteroatoms. The number of nitrogens with zero attached hydrogens (tertiary/aromatic N) is 1. The average Bonchev–Trinajstić information content (AvgIpc) is 2.31. The van der Waals surface area contributed by atoms with Crippen LogP contribution < -0.4 is 10.2 Å². The van der Waals surface area contributed by atoms with E-state index < -0.39 is 0 Å². The molecule has 1 aliphatic heterocycles. The first-order valence-electron chi connectivity index (χ1n) is 6.00. The molecule has 16 heavy (non-hydrogen) atoms. The molecule has 88 valence electrons. The van der Waals surface area contributed by atoms with Crippen LogP contribution >= 0.6 is 0 Å². The molecule has 1 aromatic rings. The summed E-state index contributed by atoms with van der Waals surface area (Å²) < 4.78 is 13.9. The summed E-state index contributed by atoms with van der Waals surface area (Å²) in [6.45, 7) is 2.69. The SMILES string of the molecule is CNCc1cccc(F)c1N1CCCCC1. The Hall–Kier alpha value is -1.09. The van der Waals surface area contributed by atoms with E-state index in [1.54, 1.807) is 12.1 Å². The summed E-state index contributed by atoms with van der Waals surface area (Å²) in [7, 11) is 1.89. The predicted octanol–water partition coefficient (Wildman–Crippen LogP) is 2.54. The van der Waals surface area contributed by atoms with Crippen molar-refractivity contribution in [1.82, 2.24) is 5.32 Å². The van der Waals surface area contributed by atoms with Gasteiger partial charge in [0.15, 0.2) is 0 Å². The van der Waals surface area contributed by atoms with E-state index in [9.17, 15) is 4.39 Å². The normalized spacial score (nSPS) is 16.5. The van der Waals surface area contributed by atoms with Gasteiger partial charge in [0.2, 0.25) is 0 Å². The van der Waals surface area contributed by atoms with Crippen LogP contribution in [-0.4, -0.2) is 20.1 Å². The zero-order valence-corrected chi connectivity index (χ0v) is 9.80. The molecule has 0 amide bonds. The highest BCUT2D eigenvalue weighted by atomic mass is 19.1. The first-order chi connectivity index (χ1) is 7.83. The Morgan fingerprint density at radius 1 is 1.25 bits per heavy atom. The Kier molecular flexibility index (Phi) is 3.78. The number of hydrogen-bond acceptors (Lipinski definition) is 2. The molecular formula is C13H19FN2. The molecule has 1 saturated heterocycles. The highest BCUT2D eigenvalue weighted by Crippen LogP contribution is 2.27. The van der Waals surface area contributed by atoms with Crippen molar-refractivity contribution < 1.29 is 4.39 Å².